The molecule has 1 atom stereocenters. The second-order valence-electron chi connectivity index (χ2n) is 4.17. The predicted molar refractivity (Wildman–Crippen MR) is 72.9 cm³/mol. The number of ether oxygens (including phenoxy) is 1. The summed E-state index contributed by atoms with van der Waals surface area (Å²) in [5.41, 5.74) is 0.785. The van der Waals surface area contributed by atoms with E-state index in [4.69, 9.17) is 4.74 Å². The molecular formula is C15H14FNO3. The minimum atomic E-state index is -0.988. The van der Waals surface area contributed by atoms with E-state index in [0.717, 1.165) is 12.1 Å². The summed E-state index contributed by atoms with van der Waals surface area (Å²) in [5.74, 6) is -1.33. The van der Waals surface area contributed by atoms with Gasteiger partial charge in [0.15, 0.2) is 6.04 Å². The first kappa shape index (κ1) is 13.9. The zero-order valence-electron chi connectivity index (χ0n) is 10.8. The molecule has 0 aliphatic rings. The maximum atomic E-state index is 13.3. The van der Waals surface area contributed by atoms with Gasteiger partial charge in [-0.25, -0.2) is 9.18 Å². The van der Waals surface area contributed by atoms with Gasteiger partial charge in [-0.15, -0.1) is 0 Å². The molecule has 2 aromatic rings. The van der Waals surface area contributed by atoms with E-state index in [-0.39, 0.29) is 11.3 Å². The minimum absolute atomic E-state index is 0.126. The highest BCUT2D eigenvalue weighted by atomic mass is 19.1. The number of carbonyl (C=O) groups excluding carboxylic acids is 1. The van der Waals surface area contributed by atoms with E-state index in [2.05, 4.69) is 5.32 Å². The summed E-state index contributed by atoms with van der Waals surface area (Å²) >= 11 is 0. The smallest absolute Gasteiger partial charge is 0.333 e. The van der Waals surface area contributed by atoms with Crippen molar-refractivity contribution in [2.45, 2.75) is 6.04 Å². The number of hydrogen-bond donors (Lipinski definition) is 2. The van der Waals surface area contributed by atoms with Crippen LogP contribution in [0.25, 0.3) is 0 Å². The van der Waals surface area contributed by atoms with E-state index in [1.165, 1.54) is 13.2 Å². The lowest BCUT2D eigenvalue weighted by atomic mass is 10.0. The van der Waals surface area contributed by atoms with Crippen molar-refractivity contribution in [1.29, 1.82) is 0 Å². The van der Waals surface area contributed by atoms with E-state index >= 15 is 0 Å². The Morgan fingerprint density at radius 1 is 1.25 bits per heavy atom. The zero-order chi connectivity index (χ0) is 14.5. The average molecular weight is 275 g/mol. The third kappa shape index (κ3) is 3.06. The van der Waals surface area contributed by atoms with Crippen molar-refractivity contribution in [2.75, 3.05) is 12.4 Å². The van der Waals surface area contributed by atoms with Gasteiger partial charge in [0.05, 0.1) is 7.11 Å². The number of para-hydroxylation sites is 1. The number of anilines is 1. The topological polar surface area (TPSA) is 58.6 Å². The van der Waals surface area contributed by atoms with E-state index in [0.29, 0.717) is 5.69 Å². The monoisotopic (exact) mass is 275 g/mol. The van der Waals surface area contributed by atoms with E-state index < -0.39 is 17.8 Å². The van der Waals surface area contributed by atoms with Crippen molar-refractivity contribution in [2.24, 2.45) is 0 Å². The van der Waals surface area contributed by atoms with Crippen LogP contribution in [0.15, 0.2) is 48.5 Å². The molecule has 0 aromatic heterocycles. The van der Waals surface area contributed by atoms with Crippen molar-refractivity contribution in [3.63, 3.8) is 0 Å². The van der Waals surface area contributed by atoms with E-state index in [1.807, 2.05) is 6.07 Å². The third-order valence-corrected chi connectivity index (χ3v) is 2.82. The molecule has 4 nitrogen and oxygen atoms in total. The largest absolute Gasteiger partial charge is 0.508 e. The Kier molecular flexibility index (Phi) is 4.20. The first-order chi connectivity index (χ1) is 9.61. The number of benzene rings is 2. The summed E-state index contributed by atoms with van der Waals surface area (Å²) in [6, 6.07) is 11.4. The number of phenolic OH excluding ortho intramolecular Hbond substituents is 1. The third-order valence-electron chi connectivity index (χ3n) is 2.82. The molecular weight excluding hydrogens is 261 g/mol. The maximum absolute atomic E-state index is 13.3. The van der Waals surface area contributed by atoms with Crippen LogP contribution in [0.2, 0.25) is 0 Å². The number of nitrogens with one attached hydrogen (secondary N) is 1. The number of aromatic hydroxyl groups is 1. The minimum Gasteiger partial charge on any atom is -0.508 e. The number of rotatable bonds is 4. The molecule has 0 aliphatic heterocycles. The molecule has 0 heterocycles. The second-order valence-corrected chi connectivity index (χ2v) is 4.17. The molecule has 0 bridgehead atoms. The number of methoxy groups -OCH3 is 1. The summed E-state index contributed by atoms with van der Waals surface area (Å²) in [7, 11) is 1.23. The molecule has 0 fully saturated rings. The number of phenols is 1. The number of halogens is 1. The highest BCUT2D eigenvalue weighted by Crippen LogP contribution is 2.28. The van der Waals surface area contributed by atoms with Gasteiger partial charge in [-0.2, -0.15) is 0 Å². The van der Waals surface area contributed by atoms with Gasteiger partial charge in [0.1, 0.15) is 11.6 Å². The fourth-order valence-electron chi connectivity index (χ4n) is 1.84. The molecule has 0 radical (unpaired) electrons. The normalized spacial score (nSPS) is 11.7. The van der Waals surface area contributed by atoms with Crippen molar-refractivity contribution < 1.29 is 19.0 Å². The fraction of sp³-hybridized carbons (Fsp3) is 0.133. The average Bonchev–Trinajstić information content (AvgIpc) is 2.48. The quantitative estimate of drug-likeness (QED) is 0.842. The van der Waals surface area contributed by atoms with E-state index in [9.17, 15) is 14.3 Å². The molecule has 2 rings (SSSR count). The summed E-state index contributed by atoms with van der Waals surface area (Å²) in [6.07, 6.45) is 0. The summed E-state index contributed by atoms with van der Waals surface area (Å²) in [6.45, 7) is 0. The molecule has 5 heteroatoms. The predicted octanol–water partition coefficient (Wildman–Crippen LogP) is 2.86. The molecule has 2 N–H and O–H groups in total. The summed E-state index contributed by atoms with van der Waals surface area (Å²) in [5, 5.41) is 12.7. The van der Waals surface area contributed by atoms with Gasteiger partial charge in [0.2, 0.25) is 0 Å². The SMILES string of the molecule is COC(=O)C(Nc1ccccc1)c1cc(F)ccc1O. The summed E-state index contributed by atoms with van der Waals surface area (Å²) in [4.78, 5) is 11.9. The molecule has 0 amide bonds. The van der Waals surface area contributed by atoms with Crippen LogP contribution in [-0.4, -0.2) is 18.2 Å². The standard InChI is InChI=1S/C15H14FNO3/c1-20-15(19)14(17-11-5-3-2-4-6-11)12-9-10(16)7-8-13(12)18/h2-9,14,17-18H,1H3. The Morgan fingerprint density at radius 3 is 2.60 bits per heavy atom. The summed E-state index contributed by atoms with van der Waals surface area (Å²) < 4.78 is 18.0. The van der Waals surface area contributed by atoms with Crippen LogP contribution in [-0.2, 0) is 9.53 Å². The molecule has 0 aliphatic carbocycles. The lowest BCUT2D eigenvalue weighted by Crippen LogP contribution is -2.22. The van der Waals surface area contributed by atoms with Crippen molar-refractivity contribution in [3.8, 4) is 5.75 Å². The van der Waals surface area contributed by atoms with Crippen LogP contribution in [0.4, 0.5) is 10.1 Å². The Morgan fingerprint density at radius 2 is 1.95 bits per heavy atom. The first-order valence-electron chi connectivity index (χ1n) is 5.99. The van der Waals surface area contributed by atoms with Gasteiger partial charge >= 0.3 is 5.97 Å². The van der Waals surface area contributed by atoms with Gasteiger partial charge in [0, 0.05) is 11.3 Å². The fourth-order valence-corrected chi connectivity index (χ4v) is 1.84. The zero-order valence-corrected chi connectivity index (χ0v) is 10.8. The molecule has 104 valence electrons. The lowest BCUT2D eigenvalue weighted by molar-refractivity contribution is -0.141. The Hall–Kier alpha value is -2.56. The first-order valence-corrected chi connectivity index (χ1v) is 5.99. The van der Waals surface area contributed by atoms with Gasteiger partial charge in [0.25, 0.3) is 0 Å². The van der Waals surface area contributed by atoms with Crippen LogP contribution in [0, 0.1) is 5.82 Å². The molecule has 0 saturated heterocycles. The Bertz CT molecular complexity index is 601. The maximum Gasteiger partial charge on any atom is 0.333 e. The molecule has 0 saturated carbocycles. The molecule has 0 spiro atoms. The van der Waals surface area contributed by atoms with Crippen molar-refractivity contribution in [3.05, 3.63) is 59.9 Å². The highest BCUT2D eigenvalue weighted by Gasteiger charge is 2.24. The number of carbonyl (C=O) groups is 1. The van der Waals surface area contributed by atoms with Crippen LogP contribution in [0.1, 0.15) is 11.6 Å². The molecule has 2 aromatic carbocycles. The second kappa shape index (κ2) is 6.06. The van der Waals surface area contributed by atoms with Crippen LogP contribution >= 0.6 is 0 Å². The van der Waals surface area contributed by atoms with Gasteiger partial charge < -0.3 is 15.2 Å². The Labute approximate surface area is 115 Å². The van der Waals surface area contributed by atoms with Gasteiger partial charge in [-0.05, 0) is 30.3 Å². The highest BCUT2D eigenvalue weighted by molar-refractivity contribution is 5.82. The van der Waals surface area contributed by atoms with Crippen molar-refractivity contribution >= 4 is 11.7 Å². The number of esters is 1. The Balaban J connectivity index is 2.37. The van der Waals surface area contributed by atoms with Crippen molar-refractivity contribution in [1.82, 2.24) is 0 Å². The van der Waals surface area contributed by atoms with Gasteiger partial charge in [-0.3, -0.25) is 0 Å². The van der Waals surface area contributed by atoms with Crippen LogP contribution in [0.5, 0.6) is 5.75 Å². The molecule has 20 heavy (non-hydrogen) atoms. The molecule has 1 unspecified atom stereocenters. The van der Waals surface area contributed by atoms with Crippen LogP contribution in [0.3, 0.4) is 0 Å². The lowest BCUT2D eigenvalue weighted by Gasteiger charge is -2.19. The van der Waals surface area contributed by atoms with E-state index in [1.54, 1.807) is 24.3 Å². The number of hydrogen-bond acceptors (Lipinski definition) is 4. The van der Waals surface area contributed by atoms with Crippen LogP contribution < -0.4 is 5.32 Å². The van der Waals surface area contributed by atoms with Gasteiger partial charge in [-0.1, -0.05) is 18.2 Å².